The Kier molecular flexibility index (Phi) is 12.3. The third-order valence-corrected chi connectivity index (χ3v) is 8.78. The second-order valence-electron chi connectivity index (χ2n) is 10.2. The number of rotatable bonds is 15. The predicted octanol–water partition coefficient (Wildman–Crippen LogP) is 7.03. The first-order valence-electron chi connectivity index (χ1n) is 14.7. The van der Waals surface area contributed by atoms with Crippen LogP contribution in [-0.4, -0.2) is 58.8 Å². The van der Waals surface area contributed by atoms with Crippen LogP contribution in [0, 0.1) is 11.8 Å². The summed E-state index contributed by atoms with van der Waals surface area (Å²) in [7, 11) is 0. The number of thioether (sulfide) groups is 1. The van der Waals surface area contributed by atoms with Crippen molar-refractivity contribution in [2.75, 3.05) is 32.2 Å². The minimum atomic E-state index is -1.49. The number of nitrogens with zero attached hydrogens (tertiary/aromatic N) is 2. The lowest BCUT2D eigenvalue weighted by Crippen LogP contribution is -2.53. The first kappa shape index (κ1) is 32.5. The van der Waals surface area contributed by atoms with E-state index in [1.807, 2.05) is 50.2 Å². The number of aromatic nitrogens is 2. The Morgan fingerprint density at radius 3 is 2.31 bits per heavy atom. The number of halogens is 1. The van der Waals surface area contributed by atoms with Gasteiger partial charge in [0.05, 0.1) is 13.2 Å². The summed E-state index contributed by atoms with van der Waals surface area (Å²) in [6.07, 6.45) is 3.20. The SMILES string of the molecule is CCOOC(=O)C(OCC)(OCC)[C@H]1CC[C@H](Cn2nc(-c3ccccc3)c(-c3cccc(Cl)c3)c2SCCO)CC1. The monoisotopic (exact) mass is 616 g/mol. The largest absolute Gasteiger partial charge is 0.401 e. The molecule has 0 saturated heterocycles. The third kappa shape index (κ3) is 7.56. The zero-order chi connectivity index (χ0) is 30.0. The molecule has 0 bridgehead atoms. The van der Waals surface area contributed by atoms with Gasteiger partial charge in [0.1, 0.15) is 10.7 Å². The summed E-state index contributed by atoms with van der Waals surface area (Å²) >= 11 is 8.02. The second-order valence-corrected chi connectivity index (χ2v) is 11.7. The summed E-state index contributed by atoms with van der Waals surface area (Å²) in [6, 6.07) is 18.0. The molecule has 42 heavy (non-hydrogen) atoms. The maximum atomic E-state index is 13.1. The Hall–Kier alpha value is -2.40. The van der Waals surface area contributed by atoms with Gasteiger partial charge in [-0.05, 0) is 70.1 Å². The molecule has 3 aromatic rings. The van der Waals surface area contributed by atoms with Crippen molar-refractivity contribution < 1.29 is 29.1 Å². The van der Waals surface area contributed by atoms with Crippen molar-refractivity contribution in [3.63, 3.8) is 0 Å². The summed E-state index contributed by atoms with van der Waals surface area (Å²) in [5, 5.41) is 16.5. The van der Waals surface area contributed by atoms with E-state index in [1.165, 1.54) is 0 Å². The number of aliphatic hydroxyl groups is 1. The van der Waals surface area contributed by atoms with E-state index in [-0.39, 0.29) is 19.1 Å². The van der Waals surface area contributed by atoms with Crippen molar-refractivity contribution in [2.45, 2.75) is 63.8 Å². The molecule has 0 atom stereocenters. The highest BCUT2D eigenvalue weighted by molar-refractivity contribution is 7.99. The molecule has 0 unspecified atom stereocenters. The second kappa shape index (κ2) is 15.9. The van der Waals surface area contributed by atoms with Crippen LogP contribution in [0.25, 0.3) is 22.4 Å². The van der Waals surface area contributed by atoms with Crippen molar-refractivity contribution in [3.8, 4) is 22.4 Å². The Balaban J connectivity index is 1.63. The molecule has 0 spiro atoms. The van der Waals surface area contributed by atoms with Crippen LogP contribution < -0.4 is 0 Å². The molecule has 4 rings (SSSR count). The highest BCUT2D eigenvalue weighted by Gasteiger charge is 2.51. The van der Waals surface area contributed by atoms with Crippen molar-refractivity contribution >= 4 is 29.3 Å². The van der Waals surface area contributed by atoms with E-state index in [9.17, 15) is 9.90 Å². The quantitative estimate of drug-likeness (QED) is 0.0842. The van der Waals surface area contributed by atoms with Gasteiger partial charge in [0.2, 0.25) is 0 Å². The molecule has 8 nitrogen and oxygen atoms in total. The Morgan fingerprint density at radius 2 is 1.69 bits per heavy atom. The van der Waals surface area contributed by atoms with Crippen molar-refractivity contribution in [2.24, 2.45) is 11.8 Å². The number of benzene rings is 2. The lowest BCUT2D eigenvalue weighted by atomic mass is 9.77. The van der Waals surface area contributed by atoms with Gasteiger partial charge in [-0.15, -0.1) is 11.8 Å². The average Bonchev–Trinajstić information content (AvgIpc) is 3.37. The van der Waals surface area contributed by atoms with E-state index in [1.54, 1.807) is 18.7 Å². The minimum Gasteiger partial charge on any atom is -0.396 e. The third-order valence-electron chi connectivity index (χ3n) is 7.47. The Morgan fingerprint density at radius 1 is 1.00 bits per heavy atom. The van der Waals surface area contributed by atoms with Gasteiger partial charge in [0.25, 0.3) is 5.79 Å². The van der Waals surface area contributed by atoms with Gasteiger partial charge in [0, 0.05) is 47.6 Å². The fraction of sp³-hybridized carbons (Fsp3) is 0.500. The average molecular weight is 617 g/mol. The van der Waals surface area contributed by atoms with Gasteiger partial charge in [-0.3, -0.25) is 9.57 Å². The van der Waals surface area contributed by atoms with E-state index >= 15 is 0 Å². The van der Waals surface area contributed by atoms with Gasteiger partial charge in [0.15, 0.2) is 0 Å². The maximum absolute atomic E-state index is 13.1. The van der Waals surface area contributed by atoms with Crippen molar-refractivity contribution in [3.05, 3.63) is 59.6 Å². The van der Waals surface area contributed by atoms with Crippen LogP contribution in [0.2, 0.25) is 5.02 Å². The number of hydrogen-bond donors (Lipinski definition) is 1. The van der Waals surface area contributed by atoms with Crippen LogP contribution in [0.15, 0.2) is 59.6 Å². The fourth-order valence-corrected chi connectivity index (χ4v) is 6.79. The molecule has 2 aromatic carbocycles. The van der Waals surface area contributed by atoms with Gasteiger partial charge in [-0.25, -0.2) is 4.79 Å². The van der Waals surface area contributed by atoms with Crippen LogP contribution in [-0.2, 0) is 30.6 Å². The highest BCUT2D eigenvalue weighted by atomic mass is 35.5. The van der Waals surface area contributed by atoms with Crippen LogP contribution >= 0.6 is 23.4 Å². The molecule has 1 aliphatic rings. The van der Waals surface area contributed by atoms with Crippen LogP contribution in [0.3, 0.4) is 0 Å². The summed E-state index contributed by atoms with van der Waals surface area (Å²) in [6.45, 7) is 7.09. The fourth-order valence-electron chi connectivity index (χ4n) is 5.69. The molecule has 1 heterocycles. The van der Waals surface area contributed by atoms with Crippen LogP contribution in [0.4, 0.5) is 0 Å². The molecule has 1 aliphatic carbocycles. The Bertz CT molecular complexity index is 1270. The van der Waals surface area contributed by atoms with E-state index in [0.717, 1.165) is 53.1 Å². The van der Waals surface area contributed by atoms with Gasteiger partial charge in [-0.2, -0.15) is 9.99 Å². The number of ether oxygens (including phenoxy) is 2. The lowest BCUT2D eigenvalue weighted by molar-refractivity contribution is -0.327. The molecule has 1 saturated carbocycles. The summed E-state index contributed by atoms with van der Waals surface area (Å²) in [4.78, 5) is 23.1. The normalized spacial score (nSPS) is 17.4. The molecule has 10 heteroatoms. The maximum Gasteiger partial charge on any atom is 0.401 e. The van der Waals surface area contributed by atoms with E-state index in [4.69, 9.17) is 35.9 Å². The van der Waals surface area contributed by atoms with Crippen LogP contribution in [0.1, 0.15) is 46.5 Å². The molecule has 0 radical (unpaired) electrons. The zero-order valence-corrected chi connectivity index (χ0v) is 26.2. The number of hydrogen-bond acceptors (Lipinski definition) is 8. The molecule has 0 amide bonds. The first-order valence-corrected chi connectivity index (χ1v) is 16.1. The van der Waals surface area contributed by atoms with Gasteiger partial charge >= 0.3 is 5.97 Å². The predicted molar refractivity (Wildman–Crippen MR) is 165 cm³/mol. The van der Waals surface area contributed by atoms with Gasteiger partial charge in [-0.1, -0.05) is 54.1 Å². The van der Waals surface area contributed by atoms with Crippen LogP contribution in [0.5, 0.6) is 0 Å². The number of carbonyl (C=O) groups is 1. The first-order chi connectivity index (χ1) is 20.5. The minimum absolute atomic E-state index is 0.0609. The highest BCUT2D eigenvalue weighted by Crippen LogP contribution is 2.43. The van der Waals surface area contributed by atoms with E-state index < -0.39 is 11.8 Å². The summed E-state index contributed by atoms with van der Waals surface area (Å²) in [5.74, 6) is -1.41. The molecular formula is C32H41ClN2O6S. The molecule has 1 N–H and O–H groups in total. The standard InChI is InChI=1S/C32H41ClN2O6S/c1-4-38-32(39-5-2,31(37)41-40-6-3)26-17-15-23(16-18-26)22-35-30(42-20-19-36)28(25-13-10-14-27(33)21-25)29(34-35)24-11-8-7-9-12-24/h7-14,21,23,26,36H,4-6,15-20,22H2,1-3H3/t23-,26-. The smallest absolute Gasteiger partial charge is 0.396 e. The lowest BCUT2D eigenvalue weighted by Gasteiger charge is -2.40. The molecule has 1 aromatic heterocycles. The van der Waals surface area contributed by atoms with Crippen molar-refractivity contribution in [1.29, 1.82) is 0 Å². The zero-order valence-electron chi connectivity index (χ0n) is 24.6. The molecule has 1 fully saturated rings. The van der Waals surface area contributed by atoms with Gasteiger partial charge < -0.3 is 14.6 Å². The summed E-state index contributed by atoms with van der Waals surface area (Å²) < 4.78 is 14.0. The summed E-state index contributed by atoms with van der Waals surface area (Å²) in [5.41, 5.74) is 3.91. The number of carbonyl (C=O) groups excluding carboxylic acids is 1. The van der Waals surface area contributed by atoms with E-state index in [2.05, 4.69) is 22.9 Å². The molecule has 0 aliphatic heterocycles. The van der Waals surface area contributed by atoms with E-state index in [0.29, 0.717) is 36.5 Å². The Labute approximate surface area is 257 Å². The topological polar surface area (TPSA) is 92.0 Å². The molecule has 228 valence electrons. The van der Waals surface area contributed by atoms with Crippen molar-refractivity contribution in [1.82, 2.24) is 9.78 Å². The molecular weight excluding hydrogens is 576 g/mol. The number of aliphatic hydroxyl groups excluding tert-OH is 1.